The fourth-order valence-electron chi connectivity index (χ4n) is 3.11. The maximum absolute atomic E-state index is 6.36. The minimum absolute atomic E-state index is 0.426. The van der Waals surface area contributed by atoms with Crippen LogP contribution in [0.25, 0.3) is 11.3 Å². The second-order valence-corrected chi connectivity index (χ2v) is 6.99. The molecule has 8 nitrogen and oxygen atoms in total. The van der Waals surface area contributed by atoms with Crippen molar-refractivity contribution in [3.8, 4) is 17.0 Å². The molecular weight excluding hydrogens is 392 g/mol. The molecule has 0 unspecified atom stereocenters. The second kappa shape index (κ2) is 9.21. The van der Waals surface area contributed by atoms with Crippen LogP contribution in [0.1, 0.15) is 0 Å². The molecule has 1 aliphatic heterocycles. The van der Waals surface area contributed by atoms with Crippen molar-refractivity contribution >= 4 is 23.2 Å². The lowest BCUT2D eigenvalue weighted by molar-refractivity contribution is 0.0360. The summed E-state index contributed by atoms with van der Waals surface area (Å²) in [5.74, 6) is 1.08. The summed E-state index contributed by atoms with van der Waals surface area (Å²) in [7, 11) is 1.60. The van der Waals surface area contributed by atoms with Crippen LogP contribution in [-0.2, 0) is 11.3 Å². The topological polar surface area (TPSA) is 77.3 Å². The Kier molecular flexibility index (Phi) is 6.24. The van der Waals surface area contributed by atoms with Crippen LogP contribution in [0.15, 0.2) is 36.8 Å². The summed E-state index contributed by atoms with van der Waals surface area (Å²) in [6.45, 7) is 5.23. The van der Waals surface area contributed by atoms with Gasteiger partial charge in [-0.3, -0.25) is 9.58 Å². The molecule has 3 heterocycles. The van der Waals surface area contributed by atoms with E-state index in [1.807, 2.05) is 16.9 Å². The van der Waals surface area contributed by atoms with Gasteiger partial charge in [0.05, 0.1) is 55.7 Å². The predicted octanol–water partition coefficient (Wildman–Crippen LogP) is 2.88. The first-order valence-corrected chi connectivity index (χ1v) is 9.77. The van der Waals surface area contributed by atoms with E-state index in [1.165, 1.54) is 0 Å². The van der Waals surface area contributed by atoms with Crippen LogP contribution in [0.2, 0.25) is 5.02 Å². The molecule has 0 aliphatic carbocycles. The van der Waals surface area contributed by atoms with Gasteiger partial charge in [0, 0.05) is 31.4 Å². The van der Waals surface area contributed by atoms with E-state index in [0.29, 0.717) is 22.4 Å². The fraction of sp³-hybridized carbons (Fsp3) is 0.350. The Morgan fingerprint density at radius 2 is 2.14 bits per heavy atom. The van der Waals surface area contributed by atoms with Crippen molar-refractivity contribution in [3.05, 3.63) is 47.9 Å². The van der Waals surface area contributed by atoms with Gasteiger partial charge in [0.25, 0.3) is 0 Å². The van der Waals surface area contributed by atoms with E-state index in [9.17, 15) is 0 Å². The van der Waals surface area contributed by atoms with Crippen LogP contribution in [0.4, 0.5) is 11.6 Å². The number of aromatic nitrogens is 4. The zero-order chi connectivity index (χ0) is 20.1. The molecule has 1 N–H and O–H groups in total. The van der Waals surface area contributed by atoms with E-state index in [4.69, 9.17) is 21.1 Å². The van der Waals surface area contributed by atoms with Gasteiger partial charge in [0.1, 0.15) is 5.75 Å². The monoisotopic (exact) mass is 413 g/mol. The van der Waals surface area contributed by atoms with Crippen LogP contribution in [0.5, 0.6) is 5.75 Å². The van der Waals surface area contributed by atoms with Crippen molar-refractivity contribution in [1.29, 1.82) is 0 Å². The molecule has 1 radical (unpaired) electrons. The smallest absolute Gasteiger partial charge is 0.227 e. The van der Waals surface area contributed by atoms with Gasteiger partial charge in [-0.15, -0.1) is 0 Å². The molecule has 1 aliphatic rings. The highest BCUT2D eigenvalue weighted by atomic mass is 35.5. The van der Waals surface area contributed by atoms with E-state index >= 15 is 0 Å². The van der Waals surface area contributed by atoms with Crippen molar-refractivity contribution in [1.82, 2.24) is 24.6 Å². The minimum atomic E-state index is 0.426. The van der Waals surface area contributed by atoms with Gasteiger partial charge in [-0.25, -0.2) is 9.97 Å². The van der Waals surface area contributed by atoms with Gasteiger partial charge in [-0.05, 0) is 18.2 Å². The molecule has 0 atom stereocenters. The number of hydrogen-bond acceptors (Lipinski definition) is 7. The molecule has 0 bridgehead atoms. The third kappa shape index (κ3) is 4.84. The Morgan fingerprint density at radius 1 is 1.28 bits per heavy atom. The number of benzene rings is 1. The van der Waals surface area contributed by atoms with Gasteiger partial charge in [0.15, 0.2) is 0 Å². The highest BCUT2D eigenvalue weighted by molar-refractivity contribution is 6.32. The average molecular weight is 414 g/mol. The molecule has 9 heteroatoms. The first-order chi connectivity index (χ1) is 14.2. The molecule has 151 valence electrons. The number of nitrogens with zero attached hydrogens (tertiary/aromatic N) is 5. The summed E-state index contributed by atoms with van der Waals surface area (Å²) < 4.78 is 12.6. The number of rotatable bonds is 7. The zero-order valence-electron chi connectivity index (χ0n) is 16.1. The molecule has 1 fully saturated rings. The molecule has 0 saturated carbocycles. The van der Waals surface area contributed by atoms with Crippen molar-refractivity contribution in [2.24, 2.45) is 0 Å². The van der Waals surface area contributed by atoms with Crippen molar-refractivity contribution in [2.75, 3.05) is 45.3 Å². The Bertz CT molecular complexity index is 958. The number of ether oxygens (including phenoxy) is 2. The first kappa shape index (κ1) is 19.6. The molecule has 2 aromatic heterocycles. The van der Waals surface area contributed by atoms with Gasteiger partial charge in [-0.2, -0.15) is 5.10 Å². The van der Waals surface area contributed by atoms with Crippen molar-refractivity contribution in [3.63, 3.8) is 0 Å². The summed E-state index contributed by atoms with van der Waals surface area (Å²) in [4.78, 5) is 11.2. The Morgan fingerprint density at radius 3 is 2.97 bits per heavy atom. The van der Waals surface area contributed by atoms with Crippen LogP contribution in [0, 0.1) is 6.07 Å². The zero-order valence-corrected chi connectivity index (χ0v) is 16.9. The third-order valence-electron chi connectivity index (χ3n) is 4.69. The van der Waals surface area contributed by atoms with Gasteiger partial charge < -0.3 is 14.8 Å². The normalized spacial score (nSPS) is 14.7. The summed E-state index contributed by atoms with van der Waals surface area (Å²) in [5, 5.41) is 8.09. The fourth-order valence-corrected chi connectivity index (χ4v) is 3.31. The maximum Gasteiger partial charge on any atom is 0.227 e. The van der Waals surface area contributed by atoms with Gasteiger partial charge >= 0.3 is 0 Å². The van der Waals surface area contributed by atoms with Crippen molar-refractivity contribution in [2.45, 2.75) is 6.54 Å². The van der Waals surface area contributed by atoms with E-state index in [1.54, 1.807) is 31.6 Å². The summed E-state index contributed by atoms with van der Waals surface area (Å²) in [6.07, 6.45) is 5.31. The quantitative estimate of drug-likeness (QED) is 0.638. The second-order valence-electron chi connectivity index (χ2n) is 6.59. The largest absolute Gasteiger partial charge is 0.495 e. The van der Waals surface area contributed by atoms with Crippen molar-refractivity contribution < 1.29 is 9.47 Å². The first-order valence-electron chi connectivity index (χ1n) is 9.39. The van der Waals surface area contributed by atoms with Gasteiger partial charge in [0.2, 0.25) is 5.95 Å². The molecule has 0 spiro atoms. The third-order valence-corrected chi connectivity index (χ3v) is 4.97. The highest BCUT2D eigenvalue weighted by Gasteiger charge is 2.13. The number of morpholine rings is 1. The van der Waals surface area contributed by atoms with Crippen LogP contribution < -0.4 is 10.1 Å². The SMILES string of the molecule is COc1c[c]ccc1Nc1ncc(Cl)c(-c2cnn(CCN3CCOCC3)c2)n1. The number of methoxy groups -OCH3 is 1. The lowest BCUT2D eigenvalue weighted by Gasteiger charge is -2.26. The Balaban J connectivity index is 1.48. The molecule has 4 rings (SSSR count). The minimum Gasteiger partial charge on any atom is -0.495 e. The van der Waals surface area contributed by atoms with E-state index in [-0.39, 0.29) is 0 Å². The molecular formula is C20H22ClN6O2. The Hall–Kier alpha value is -2.68. The van der Waals surface area contributed by atoms with Crippen LogP contribution in [0.3, 0.4) is 0 Å². The number of anilines is 2. The Labute approximate surface area is 174 Å². The molecule has 3 aromatic rings. The van der Waals surface area contributed by atoms with Gasteiger partial charge in [-0.1, -0.05) is 17.7 Å². The lowest BCUT2D eigenvalue weighted by atomic mass is 10.2. The standard InChI is InChI=1S/C20H22ClN6O2/c1-28-18-5-3-2-4-17(18)24-20-22-13-16(21)19(25-20)15-12-23-27(14-15)7-6-26-8-10-29-11-9-26/h2,4-5,12-14H,6-11H2,1H3,(H,22,24,25). The number of halogens is 1. The number of hydrogen-bond donors (Lipinski definition) is 1. The number of nitrogens with one attached hydrogen (secondary N) is 1. The predicted molar refractivity (Wildman–Crippen MR) is 111 cm³/mol. The average Bonchev–Trinajstić information content (AvgIpc) is 3.23. The highest BCUT2D eigenvalue weighted by Crippen LogP contribution is 2.29. The molecule has 0 amide bonds. The summed E-state index contributed by atoms with van der Waals surface area (Å²) in [5.41, 5.74) is 2.22. The van der Waals surface area contributed by atoms with Crippen LogP contribution in [-0.4, -0.2) is 64.6 Å². The molecule has 29 heavy (non-hydrogen) atoms. The lowest BCUT2D eigenvalue weighted by Crippen LogP contribution is -2.38. The van der Waals surface area contributed by atoms with E-state index in [0.717, 1.165) is 50.6 Å². The summed E-state index contributed by atoms with van der Waals surface area (Å²) >= 11 is 6.36. The molecule has 1 saturated heterocycles. The van der Waals surface area contributed by atoms with Crippen LogP contribution >= 0.6 is 11.6 Å². The molecule has 1 aromatic carbocycles. The van der Waals surface area contributed by atoms with E-state index in [2.05, 4.69) is 31.3 Å². The maximum atomic E-state index is 6.36. The summed E-state index contributed by atoms with van der Waals surface area (Å²) in [6, 6.07) is 8.36. The van der Waals surface area contributed by atoms with E-state index < -0.39 is 0 Å².